The first-order valence-corrected chi connectivity index (χ1v) is 8.95. The lowest BCUT2D eigenvalue weighted by Gasteiger charge is -2.10. The molecule has 0 bridgehead atoms. The number of nitro benzene ring substituents is 1. The third-order valence-corrected chi connectivity index (χ3v) is 4.33. The minimum Gasteiger partial charge on any atom is -0.500 e. The summed E-state index contributed by atoms with van der Waals surface area (Å²) < 4.78 is 10.3. The lowest BCUT2D eigenvalue weighted by molar-refractivity contribution is -0.386. The molecule has 154 valence electrons. The molecule has 9 nitrogen and oxygen atoms in total. The number of hydrogen-bond donors (Lipinski definition) is 2. The molecule has 0 aliphatic carbocycles. The van der Waals surface area contributed by atoms with Gasteiger partial charge in [0, 0.05) is 11.6 Å². The molecule has 1 amide bonds. The second-order valence-electron chi connectivity index (χ2n) is 6.31. The van der Waals surface area contributed by atoms with E-state index in [1.165, 1.54) is 25.0 Å². The number of phenolic OH excluding ortho intramolecular Hbond substituents is 1. The normalized spacial score (nSPS) is 11.8. The van der Waals surface area contributed by atoms with Crippen molar-refractivity contribution in [1.29, 1.82) is 0 Å². The number of ether oxygens (including phenoxy) is 2. The Hall–Kier alpha value is -3.62. The van der Waals surface area contributed by atoms with Crippen molar-refractivity contribution in [2.24, 2.45) is 5.10 Å². The molecule has 0 heterocycles. The van der Waals surface area contributed by atoms with E-state index in [1.54, 1.807) is 12.1 Å². The number of nitrogens with one attached hydrogen (secondary N) is 1. The second kappa shape index (κ2) is 10.1. The highest BCUT2D eigenvalue weighted by Crippen LogP contribution is 2.36. The number of methoxy groups -OCH3 is 1. The van der Waals surface area contributed by atoms with Gasteiger partial charge in [-0.2, -0.15) is 5.10 Å². The van der Waals surface area contributed by atoms with Crippen molar-refractivity contribution in [1.82, 2.24) is 5.43 Å². The number of benzene rings is 2. The van der Waals surface area contributed by atoms with E-state index in [0.717, 1.165) is 12.5 Å². The van der Waals surface area contributed by atoms with Crippen LogP contribution >= 0.6 is 0 Å². The minimum absolute atomic E-state index is 0.0730. The Kier molecular flexibility index (Phi) is 7.53. The molecule has 0 aromatic heterocycles. The standard InChI is InChI=1S/C20H23N3O6/c1-4-13(2)15-5-7-16(8-6-15)29-12-19(24)22-21-11-14-9-17(23(26)27)20(25)18(10-14)28-3/h5-11,13,25H,4,12H2,1-3H3,(H,22,24)/b21-11+. The van der Waals surface area contributed by atoms with Crippen molar-refractivity contribution in [3.8, 4) is 17.2 Å². The number of carbonyl (C=O) groups is 1. The van der Waals surface area contributed by atoms with E-state index in [2.05, 4.69) is 24.4 Å². The Labute approximate surface area is 168 Å². The van der Waals surface area contributed by atoms with Crippen molar-refractivity contribution in [3.05, 3.63) is 57.6 Å². The molecule has 0 radical (unpaired) electrons. The molecular formula is C20H23N3O6. The Bertz CT molecular complexity index is 896. The van der Waals surface area contributed by atoms with Crippen LogP contribution in [0.25, 0.3) is 0 Å². The molecule has 0 aliphatic heterocycles. The van der Waals surface area contributed by atoms with Gasteiger partial charge in [-0.25, -0.2) is 5.43 Å². The van der Waals surface area contributed by atoms with Gasteiger partial charge in [-0.1, -0.05) is 26.0 Å². The molecule has 0 saturated carbocycles. The van der Waals surface area contributed by atoms with Gasteiger partial charge in [0.25, 0.3) is 5.91 Å². The molecule has 2 rings (SSSR count). The zero-order valence-electron chi connectivity index (χ0n) is 16.4. The molecule has 9 heteroatoms. The Morgan fingerprint density at radius 3 is 2.62 bits per heavy atom. The Balaban J connectivity index is 1.93. The summed E-state index contributed by atoms with van der Waals surface area (Å²) in [5.74, 6) is -0.124. The lowest BCUT2D eigenvalue weighted by atomic mass is 9.99. The third-order valence-electron chi connectivity index (χ3n) is 4.33. The van der Waals surface area contributed by atoms with E-state index in [9.17, 15) is 20.0 Å². The molecule has 29 heavy (non-hydrogen) atoms. The third kappa shape index (κ3) is 5.93. The van der Waals surface area contributed by atoms with Gasteiger partial charge >= 0.3 is 5.69 Å². The molecule has 0 fully saturated rings. The van der Waals surface area contributed by atoms with Crippen LogP contribution in [0.15, 0.2) is 41.5 Å². The fourth-order valence-electron chi connectivity index (χ4n) is 2.47. The number of nitrogens with zero attached hydrogens (tertiary/aromatic N) is 2. The molecule has 2 N–H and O–H groups in total. The molecule has 2 aromatic rings. The number of hydrazone groups is 1. The lowest BCUT2D eigenvalue weighted by Crippen LogP contribution is -2.24. The molecule has 2 aromatic carbocycles. The molecule has 1 atom stereocenters. The quantitative estimate of drug-likeness (QED) is 0.377. The van der Waals surface area contributed by atoms with E-state index in [1.807, 2.05) is 12.1 Å². The maximum atomic E-state index is 11.9. The van der Waals surface area contributed by atoms with Crippen LogP contribution in [0.1, 0.15) is 37.3 Å². The first kappa shape index (κ1) is 21.7. The smallest absolute Gasteiger partial charge is 0.315 e. The van der Waals surface area contributed by atoms with Crippen LogP contribution < -0.4 is 14.9 Å². The van der Waals surface area contributed by atoms with Crippen LogP contribution in [0, 0.1) is 10.1 Å². The summed E-state index contributed by atoms with van der Waals surface area (Å²) >= 11 is 0. The van der Waals surface area contributed by atoms with Gasteiger partial charge < -0.3 is 14.6 Å². The van der Waals surface area contributed by atoms with Gasteiger partial charge in [0.05, 0.1) is 18.2 Å². The summed E-state index contributed by atoms with van der Waals surface area (Å²) in [4.78, 5) is 22.1. The molecular weight excluding hydrogens is 378 g/mol. The number of hydrogen-bond acceptors (Lipinski definition) is 7. The maximum Gasteiger partial charge on any atom is 0.315 e. The highest BCUT2D eigenvalue weighted by Gasteiger charge is 2.19. The summed E-state index contributed by atoms with van der Waals surface area (Å²) in [6.07, 6.45) is 2.24. The van der Waals surface area contributed by atoms with E-state index in [0.29, 0.717) is 11.7 Å². The number of aromatic hydroxyl groups is 1. The fraction of sp³-hybridized carbons (Fsp3) is 0.300. The first-order valence-electron chi connectivity index (χ1n) is 8.95. The maximum absolute atomic E-state index is 11.9. The molecule has 0 aliphatic rings. The van der Waals surface area contributed by atoms with Gasteiger partial charge in [0.2, 0.25) is 5.75 Å². The highest BCUT2D eigenvalue weighted by molar-refractivity contribution is 5.85. The summed E-state index contributed by atoms with van der Waals surface area (Å²) in [6, 6.07) is 10.0. The topological polar surface area (TPSA) is 123 Å². The number of rotatable bonds is 9. The van der Waals surface area contributed by atoms with Crippen molar-refractivity contribution in [3.63, 3.8) is 0 Å². The van der Waals surface area contributed by atoms with Gasteiger partial charge in [-0.05, 0) is 36.1 Å². The summed E-state index contributed by atoms with van der Waals surface area (Å²) in [7, 11) is 1.27. The molecule has 1 unspecified atom stereocenters. The van der Waals surface area contributed by atoms with Crippen LogP contribution in [0.3, 0.4) is 0 Å². The van der Waals surface area contributed by atoms with Gasteiger partial charge in [-0.3, -0.25) is 14.9 Å². The number of carbonyl (C=O) groups excluding carboxylic acids is 1. The monoisotopic (exact) mass is 401 g/mol. The van der Waals surface area contributed by atoms with Crippen LogP contribution in [0.4, 0.5) is 5.69 Å². The van der Waals surface area contributed by atoms with Crippen molar-refractivity contribution < 1.29 is 24.3 Å². The predicted octanol–water partition coefficient (Wildman–Crippen LogP) is 3.35. The second-order valence-corrected chi connectivity index (χ2v) is 6.31. The summed E-state index contributed by atoms with van der Waals surface area (Å²) in [5, 5.41) is 24.5. The van der Waals surface area contributed by atoms with Crippen molar-refractivity contribution >= 4 is 17.8 Å². The molecule has 0 spiro atoms. The van der Waals surface area contributed by atoms with Gasteiger partial charge in [0.1, 0.15) is 5.75 Å². The first-order chi connectivity index (χ1) is 13.8. The van der Waals surface area contributed by atoms with E-state index in [4.69, 9.17) is 9.47 Å². The number of nitro groups is 1. The van der Waals surface area contributed by atoms with Gasteiger partial charge in [0.15, 0.2) is 12.4 Å². The zero-order chi connectivity index (χ0) is 21.4. The predicted molar refractivity (Wildman–Crippen MR) is 108 cm³/mol. The van der Waals surface area contributed by atoms with Crippen LogP contribution in [-0.4, -0.2) is 35.9 Å². The van der Waals surface area contributed by atoms with E-state index >= 15 is 0 Å². The summed E-state index contributed by atoms with van der Waals surface area (Å²) in [5.41, 5.74) is 3.22. The molecule has 0 saturated heterocycles. The average Bonchev–Trinajstić information content (AvgIpc) is 2.72. The zero-order valence-corrected chi connectivity index (χ0v) is 16.4. The largest absolute Gasteiger partial charge is 0.500 e. The highest BCUT2D eigenvalue weighted by atomic mass is 16.6. The van der Waals surface area contributed by atoms with Crippen LogP contribution in [0.5, 0.6) is 17.2 Å². The average molecular weight is 401 g/mol. The minimum atomic E-state index is -0.742. The van der Waals surface area contributed by atoms with E-state index in [-0.39, 0.29) is 17.9 Å². The Morgan fingerprint density at radius 2 is 2.03 bits per heavy atom. The fourth-order valence-corrected chi connectivity index (χ4v) is 2.47. The Morgan fingerprint density at radius 1 is 1.34 bits per heavy atom. The number of amides is 1. The number of phenols is 1. The summed E-state index contributed by atoms with van der Waals surface area (Å²) in [6.45, 7) is 4.02. The van der Waals surface area contributed by atoms with Crippen LogP contribution in [0.2, 0.25) is 0 Å². The van der Waals surface area contributed by atoms with Crippen LogP contribution in [-0.2, 0) is 4.79 Å². The van der Waals surface area contributed by atoms with Gasteiger partial charge in [-0.15, -0.1) is 0 Å². The van der Waals surface area contributed by atoms with Crippen molar-refractivity contribution in [2.75, 3.05) is 13.7 Å². The van der Waals surface area contributed by atoms with E-state index < -0.39 is 22.3 Å². The van der Waals surface area contributed by atoms with Crippen molar-refractivity contribution in [2.45, 2.75) is 26.2 Å². The SMILES string of the molecule is CCC(C)c1ccc(OCC(=O)N/N=C/c2cc(OC)c(O)c([N+](=O)[O-])c2)cc1.